The topological polar surface area (TPSA) is 26.3 Å². The van der Waals surface area contributed by atoms with E-state index in [-0.39, 0.29) is 0 Å². The van der Waals surface area contributed by atoms with Gasteiger partial charge in [-0.05, 0) is 90.3 Å². The summed E-state index contributed by atoms with van der Waals surface area (Å²) < 4.78 is 13.0. The maximum atomic E-state index is 6.70. The smallest absolute Gasteiger partial charge is 0.136 e. The molecule has 0 N–H and O–H groups in total. The standard InChI is InChI=1S/C46H26O2/c1-2-12-30-27(10-1)11-9-18-31(30)44-34-15-5-3-13-32(34)42(33-14-4-6-16-35(33)44)29-20-23-37-41(26-29)48-40-25-22-28-21-24-39-45(43(28)46(37)40)36-17-7-8-19-38(36)47-39/h1-26H. The summed E-state index contributed by atoms with van der Waals surface area (Å²) in [7, 11) is 0. The fourth-order valence-electron chi connectivity index (χ4n) is 8.23. The summed E-state index contributed by atoms with van der Waals surface area (Å²) in [4.78, 5) is 0. The third kappa shape index (κ3) is 3.46. The number of fused-ring (bicyclic) bond motifs is 12. The molecule has 0 saturated carbocycles. The van der Waals surface area contributed by atoms with Gasteiger partial charge in [0.05, 0.1) is 0 Å². The van der Waals surface area contributed by atoms with E-state index in [0.717, 1.165) is 49.4 Å². The Labute approximate surface area is 275 Å². The van der Waals surface area contributed by atoms with Gasteiger partial charge in [-0.15, -0.1) is 0 Å². The molecule has 0 aliphatic rings. The Balaban J connectivity index is 1.22. The first-order valence-electron chi connectivity index (χ1n) is 16.4. The van der Waals surface area contributed by atoms with E-state index in [2.05, 4.69) is 146 Å². The molecule has 0 aliphatic heterocycles. The average molecular weight is 611 g/mol. The molecule has 0 bridgehead atoms. The van der Waals surface area contributed by atoms with Gasteiger partial charge in [0.15, 0.2) is 0 Å². The van der Waals surface area contributed by atoms with Gasteiger partial charge in [-0.25, -0.2) is 0 Å². The van der Waals surface area contributed by atoms with Crippen molar-refractivity contribution in [2.45, 2.75) is 0 Å². The molecule has 0 atom stereocenters. The van der Waals surface area contributed by atoms with Crippen molar-refractivity contribution in [2.24, 2.45) is 0 Å². The highest BCUT2D eigenvalue weighted by Crippen LogP contribution is 2.47. The molecule has 222 valence electrons. The van der Waals surface area contributed by atoms with Crippen molar-refractivity contribution in [3.05, 3.63) is 158 Å². The highest BCUT2D eigenvalue weighted by molar-refractivity contribution is 6.31. The second kappa shape index (κ2) is 9.57. The molecule has 0 amide bonds. The molecule has 2 aromatic heterocycles. The summed E-state index contributed by atoms with van der Waals surface area (Å²) >= 11 is 0. The van der Waals surface area contributed by atoms with E-state index in [1.807, 2.05) is 12.1 Å². The minimum Gasteiger partial charge on any atom is -0.456 e. The Kier molecular flexibility index (Phi) is 5.14. The van der Waals surface area contributed by atoms with E-state index in [1.165, 1.54) is 59.8 Å². The van der Waals surface area contributed by atoms with E-state index in [0.29, 0.717) is 0 Å². The van der Waals surface area contributed by atoms with Crippen molar-refractivity contribution in [1.29, 1.82) is 0 Å². The molecule has 0 radical (unpaired) electrons. The molecule has 0 unspecified atom stereocenters. The van der Waals surface area contributed by atoms with Crippen molar-refractivity contribution in [2.75, 3.05) is 0 Å². The predicted octanol–water partition coefficient (Wildman–Crippen LogP) is 13.4. The maximum absolute atomic E-state index is 6.70. The van der Waals surface area contributed by atoms with Crippen LogP contribution in [0.1, 0.15) is 0 Å². The van der Waals surface area contributed by atoms with Crippen LogP contribution in [0.2, 0.25) is 0 Å². The quantitative estimate of drug-likeness (QED) is 0.182. The summed E-state index contributed by atoms with van der Waals surface area (Å²) in [5.74, 6) is 0. The van der Waals surface area contributed by atoms with E-state index in [1.54, 1.807) is 0 Å². The molecule has 2 heterocycles. The molecule has 11 rings (SSSR count). The maximum Gasteiger partial charge on any atom is 0.136 e. The molecular weight excluding hydrogens is 585 g/mol. The van der Waals surface area contributed by atoms with Crippen LogP contribution < -0.4 is 0 Å². The number of para-hydroxylation sites is 1. The first-order chi connectivity index (χ1) is 23.8. The summed E-state index contributed by atoms with van der Waals surface area (Å²) in [5.41, 5.74) is 8.45. The fraction of sp³-hybridized carbons (Fsp3) is 0. The monoisotopic (exact) mass is 610 g/mol. The van der Waals surface area contributed by atoms with Crippen LogP contribution in [0.25, 0.3) is 109 Å². The number of hydrogen-bond acceptors (Lipinski definition) is 2. The number of benzene rings is 9. The lowest BCUT2D eigenvalue weighted by Gasteiger charge is -2.18. The number of furan rings is 2. The highest BCUT2D eigenvalue weighted by atomic mass is 16.3. The molecule has 48 heavy (non-hydrogen) atoms. The van der Waals surface area contributed by atoms with Crippen LogP contribution in [0, 0.1) is 0 Å². The fourth-order valence-corrected chi connectivity index (χ4v) is 8.23. The molecule has 2 nitrogen and oxygen atoms in total. The Morgan fingerprint density at radius 2 is 0.833 bits per heavy atom. The molecule has 9 aromatic carbocycles. The second-order valence-corrected chi connectivity index (χ2v) is 12.8. The van der Waals surface area contributed by atoms with E-state index in [9.17, 15) is 0 Å². The van der Waals surface area contributed by atoms with Gasteiger partial charge in [-0.1, -0.05) is 127 Å². The summed E-state index contributed by atoms with van der Waals surface area (Å²) in [6.07, 6.45) is 0. The zero-order chi connectivity index (χ0) is 31.3. The largest absolute Gasteiger partial charge is 0.456 e. The first-order valence-corrected chi connectivity index (χ1v) is 16.4. The lowest BCUT2D eigenvalue weighted by molar-refractivity contribution is 0.669. The molecule has 2 heteroatoms. The molecule has 0 fully saturated rings. The van der Waals surface area contributed by atoms with Crippen LogP contribution in [0.5, 0.6) is 0 Å². The number of rotatable bonds is 2. The van der Waals surface area contributed by atoms with Gasteiger partial charge in [0.1, 0.15) is 22.3 Å². The van der Waals surface area contributed by atoms with Gasteiger partial charge in [0.2, 0.25) is 0 Å². The first kappa shape index (κ1) is 25.8. The van der Waals surface area contributed by atoms with Crippen LogP contribution in [-0.2, 0) is 0 Å². The van der Waals surface area contributed by atoms with Crippen LogP contribution in [0.4, 0.5) is 0 Å². The van der Waals surface area contributed by atoms with Crippen molar-refractivity contribution >= 4 is 87.0 Å². The lowest BCUT2D eigenvalue weighted by Crippen LogP contribution is -1.91. The highest BCUT2D eigenvalue weighted by Gasteiger charge is 2.20. The summed E-state index contributed by atoms with van der Waals surface area (Å²) in [5, 5.41) is 14.3. The van der Waals surface area contributed by atoms with E-state index in [4.69, 9.17) is 8.83 Å². The van der Waals surface area contributed by atoms with Gasteiger partial charge in [-0.3, -0.25) is 0 Å². The molecular formula is C46H26O2. The zero-order valence-corrected chi connectivity index (χ0v) is 25.8. The Morgan fingerprint density at radius 3 is 1.54 bits per heavy atom. The summed E-state index contributed by atoms with van der Waals surface area (Å²) in [6, 6.07) is 56.6. The Bertz CT molecular complexity index is 3060. The van der Waals surface area contributed by atoms with Gasteiger partial charge < -0.3 is 8.83 Å². The van der Waals surface area contributed by atoms with Crippen molar-refractivity contribution in [3.63, 3.8) is 0 Å². The van der Waals surface area contributed by atoms with Crippen LogP contribution >= 0.6 is 0 Å². The zero-order valence-electron chi connectivity index (χ0n) is 25.8. The van der Waals surface area contributed by atoms with Gasteiger partial charge in [0, 0.05) is 26.9 Å². The normalized spacial score (nSPS) is 12.2. The van der Waals surface area contributed by atoms with Crippen LogP contribution in [0.3, 0.4) is 0 Å². The third-order valence-corrected chi connectivity index (χ3v) is 10.2. The van der Waals surface area contributed by atoms with Crippen molar-refractivity contribution < 1.29 is 8.83 Å². The van der Waals surface area contributed by atoms with Gasteiger partial charge in [0.25, 0.3) is 0 Å². The van der Waals surface area contributed by atoms with Crippen molar-refractivity contribution in [1.82, 2.24) is 0 Å². The van der Waals surface area contributed by atoms with Gasteiger partial charge >= 0.3 is 0 Å². The molecule has 0 saturated heterocycles. The van der Waals surface area contributed by atoms with Crippen molar-refractivity contribution in [3.8, 4) is 22.3 Å². The minimum absolute atomic E-state index is 0.881. The van der Waals surface area contributed by atoms with E-state index >= 15 is 0 Å². The Morgan fingerprint density at radius 1 is 0.292 bits per heavy atom. The minimum atomic E-state index is 0.881. The Hall–Kier alpha value is -6.38. The molecule has 11 aromatic rings. The van der Waals surface area contributed by atoms with Crippen LogP contribution in [-0.4, -0.2) is 0 Å². The van der Waals surface area contributed by atoms with Gasteiger partial charge in [-0.2, -0.15) is 0 Å². The van der Waals surface area contributed by atoms with E-state index < -0.39 is 0 Å². The third-order valence-electron chi connectivity index (χ3n) is 10.2. The summed E-state index contributed by atoms with van der Waals surface area (Å²) in [6.45, 7) is 0. The predicted molar refractivity (Wildman–Crippen MR) is 202 cm³/mol. The molecule has 0 aliphatic carbocycles. The lowest BCUT2D eigenvalue weighted by atomic mass is 9.84. The average Bonchev–Trinajstić information content (AvgIpc) is 3.72. The van der Waals surface area contributed by atoms with Crippen LogP contribution in [0.15, 0.2) is 167 Å². The SMILES string of the molecule is c1ccc2c(-c3c4ccccc4c(-c4ccc5c(c4)oc4ccc6ccc7oc8ccccc8c7c6c45)c4ccccc34)cccc2c1. The molecule has 0 spiro atoms. The number of hydrogen-bond donors (Lipinski definition) is 0. The second-order valence-electron chi connectivity index (χ2n) is 12.8.